The molecule has 0 aromatic carbocycles. The predicted molar refractivity (Wildman–Crippen MR) is 72.1 cm³/mol. The van der Waals surface area contributed by atoms with Gasteiger partial charge in [0.15, 0.2) is 0 Å². The number of aromatic nitrogens is 2. The van der Waals surface area contributed by atoms with Crippen molar-refractivity contribution in [2.75, 3.05) is 0 Å². The van der Waals surface area contributed by atoms with Crippen LogP contribution in [0.3, 0.4) is 0 Å². The molecule has 0 aliphatic rings. The number of hydrogen-bond donors (Lipinski definition) is 0. The van der Waals surface area contributed by atoms with Crippen molar-refractivity contribution in [2.24, 2.45) is 0 Å². The first-order chi connectivity index (χ1) is 7.63. The molecule has 1 rings (SSSR count). The van der Waals surface area contributed by atoms with Crippen LogP contribution in [0, 0.1) is 0 Å². The lowest BCUT2D eigenvalue weighted by Gasteiger charge is -2.13. The summed E-state index contributed by atoms with van der Waals surface area (Å²) in [6.07, 6.45) is 4.12. The monoisotopic (exact) mass is 304 g/mol. The van der Waals surface area contributed by atoms with E-state index in [9.17, 15) is 0 Å². The van der Waals surface area contributed by atoms with E-state index in [4.69, 9.17) is 11.6 Å². The van der Waals surface area contributed by atoms with Crippen LogP contribution in [0.25, 0.3) is 0 Å². The van der Waals surface area contributed by atoms with Gasteiger partial charge >= 0.3 is 0 Å². The third-order valence-corrected chi connectivity index (χ3v) is 4.07. The van der Waals surface area contributed by atoms with Crippen molar-refractivity contribution in [3.8, 4) is 0 Å². The van der Waals surface area contributed by atoms with Crippen molar-refractivity contribution in [1.29, 1.82) is 0 Å². The van der Waals surface area contributed by atoms with Gasteiger partial charge in [-0.3, -0.25) is 0 Å². The molecular weight excluding hydrogens is 288 g/mol. The van der Waals surface area contributed by atoms with Crippen LogP contribution in [0.1, 0.15) is 57.5 Å². The molecular formula is C12H18BrClN2. The number of nitrogens with zero attached hydrogens (tertiary/aromatic N) is 2. The first-order valence-electron chi connectivity index (χ1n) is 5.85. The lowest BCUT2D eigenvalue weighted by molar-refractivity contribution is 0.595. The molecule has 2 nitrogen and oxygen atoms in total. The van der Waals surface area contributed by atoms with Gasteiger partial charge in [-0.15, -0.1) is 0 Å². The van der Waals surface area contributed by atoms with Crippen molar-refractivity contribution in [2.45, 2.75) is 52.4 Å². The first kappa shape index (κ1) is 13.9. The Kier molecular flexibility index (Phi) is 5.70. The minimum absolute atomic E-state index is 0.418. The van der Waals surface area contributed by atoms with Gasteiger partial charge in [-0.1, -0.05) is 38.8 Å². The maximum Gasteiger partial charge on any atom is 0.147 e. The number of halogens is 2. The van der Waals surface area contributed by atoms with Crippen molar-refractivity contribution in [3.05, 3.63) is 21.1 Å². The topological polar surface area (TPSA) is 25.8 Å². The summed E-state index contributed by atoms with van der Waals surface area (Å²) in [4.78, 5) is 8.99. The summed E-state index contributed by atoms with van der Waals surface area (Å²) in [7, 11) is 0. The van der Waals surface area contributed by atoms with Gasteiger partial charge in [0.1, 0.15) is 11.0 Å². The molecule has 0 bridgehead atoms. The summed E-state index contributed by atoms with van der Waals surface area (Å²) in [5.41, 5.74) is 1.03. The SMILES string of the molecule is CCCc1nc(C(CC)CC)nc(Cl)c1Br. The van der Waals surface area contributed by atoms with E-state index >= 15 is 0 Å². The highest BCUT2D eigenvalue weighted by Crippen LogP contribution is 2.28. The summed E-state index contributed by atoms with van der Waals surface area (Å²) in [6.45, 7) is 6.46. The quantitative estimate of drug-likeness (QED) is 0.734. The fourth-order valence-corrected chi connectivity index (χ4v) is 2.29. The van der Waals surface area contributed by atoms with Crippen LogP contribution in [0.5, 0.6) is 0 Å². The second-order valence-corrected chi connectivity index (χ2v) is 5.05. The van der Waals surface area contributed by atoms with Gasteiger partial charge in [0.2, 0.25) is 0 Å². The highest BCUT2D eigenvalue weighted by Gasteiger charge is 2.15. The predicted octanol–water partition coefficient (Wildman–Crippen LogP) is 4.75. The molecule has 0 amide bonds. The van der Waals surface area contributed by atoms with E-state index in [1.807, 2.05) is 0 Å². The van der Waals surface area contributed by atoms with Crippen molar-refractivity contribution in [1.82, 2.24) is 9.97 Å². The minimum Gasteiger partial charge on any atom is -0.236 e. The molecule has 1 heterocycles. The Hall–Kier alpha value is -0.150. The molecule has 16 heavy (non-hydrogen) atoms. The lowest BCUT2D eigenvalue weighted by Crippen LogP contribution is -2.06. The third kappa shape index (κ3) is 3.17. The van der Waals surface area contributed by atoms with E-state index in [2.05, 4.69) is 46.7 Å². The molecule has 0 saturated carbocycles. The fourth-order valence-electron chi connectivity index (χ4n) is 1.72. The van der Waals surface area contributed by atoms with Crippen LogP contribution in [0.15, 0.2) is 4.47 Å². The van der Waals surface area contributed by atoms with Gasteiger partial charge in [-0.2, -0.15) is 0 Å². The van der Waals surface area contributed by atoms with E-state index in [1.165, 1.54) is 0 Å². The molecule has 0 N–H and O–H groups in total. The zero-order chi connectivity index (χ0) is 12.1. The molecule has 0 fully saturated rings. The Morgan fingerprint density at radius 2 is 1.81 bits per heavy atom. The number of aryl methyl sites for hydroxylation is 1. The largest absolute Gasteiger partial charge is 0.236 e. The van der Waals surface area contributed by atoms with E-state index < -0.39 is 0 Å². The van der Waals surface area contributed by atoms with E-state index in [0.29, 0.717) is 11.1 Å². The average molecular weight is 306 g/mol. The summed E-state index contributed by atoms with van der Waals surface area (Å²) in [5.74, 6) is 1.31. The highest BCUT2D eigenvalue weighted by atomic mass is 79.9. The molecule has 0 atom stereocenters. The van der Waals surface area contributed by atoms with Gasteiger partial charge in [0.25, 0.3) is 0 Å². The minimum atomic E-state index is 0.418. The number of rotatable bonds is 5. The van der Waals surface area contributed by atoms with E-state index in [-0.39, 0.29) is 0 Å². The Labute approximate surface area is 111 Å². The first-order valence-corrected chi connectivity index (χ1v) is 7.02. The number of hydrogen-bond acceptors (Lipinski definition) is 2. The summed E-state index contributed by atoms with van der Waals surface area (Å²) >= 11 is 9.57. The van der Waals surface area contributed by atoms with Gasteiger partial charge in [-0.05, 0) is 35.2 Å². The Morgan fingerprint density at radius 1 is 1.19 bits per heavy atom. The second kappa shape index (κ2) is 6.55. The van der Waals surface area contributed by atoms with Crippen molar-refractivity contribution < 1.29 is 0 Å². The van der Waals surface area contributed by atoms with Gasteiger partial charge < -0.3 is 0 Å². The molecule has 0 spiro atoms. The smallest absolute Gasteiger partial charge is 0.147 e. The third-order valence-electron chi connectivity index (χ3n) is 2.73. The molecule has 0 aliphatic carbocycles. The molecule has 0 saturated heterocycles. The van der Waals surface area contributed by atoms with Gasteiger partial charge in [0, 0.05) is 5.92 Å². The Balaban J connectivity index is 3.12. The fraction of sp³-hybridized carbons (Fsp3) is 0.667. The normalized spacial score (nSPS) is 11.1. The zero-order valence-electron chi connectivity index (χ0n) is 10.1. The summed E-state index contributed by atoms with van der Waals surface area (Å²) in [6, 6.07) is 0. The lowest BCUT2D eigenvalue weighted by atomic mass is 10.0. The van der Waals surface area contributed by atoms with Gasteiger partial charge in [0.05, 0.1) is 10.2 Å². The molecule has 1 aromatic heterocycles. The second-order valence-electron chi connectivity index (χ2n) is 3.90. The average Bonchev–Trinajstić information content (AvgIpc) is 2.27. The highest BCUT2D eigenvalue weighted by molar-refractivity contribution is 9.10. The molecule has 0 radical (unpaired) electrons. The Morgan fingerprint density at radius 3 is 2.31 bits per heavy atom. The zero-order valence-corrected chi connectivity index (χ0v) is 12.4. The molecule has 4 heteroatoms. The molecule has 90 valence electrons. The van der Waals surface area contributed by atoms with Crippen LogP contribution in [0.4, 0.5) is 0 Å². The maximum atomic E-state index is 6.11. The molecule has 0 unspecified atom stereocenters. The van der Waals surface area contributed by atoms with Crippen LogP contribution < -0.4 is 0 Å². The van der Waals surface area contributed by atoms with Crippen molar-refractivity contribution in [3.63, 3.8) is 0 Å². The standard InChI is InChI=1S/C12H18BrClN2/c1-4-7-9-10(13)11(14)16-12(15-9)8(5-2)6-3/h8H,4-7H2,1-3H3. The van der Waals surface area contributed by atoms with Crippen LogP contribution >= 0.6 is 27.5 Å². The van der Waals surface area contributed by atoms with E-state index in [1.54, 1.807) is 0 Å². The molecule has 0 aliphatic heterocycles. The van der Waals surface area contributed by atoms with Crippen LogP contribution in [-0.2, 0) is 6.42 Å². The van der Waals surface area contributed by atoms with E-state index in [0.717, 1.165) is 41.7 Å². The maximum absolute atomic E-state index is 6.11. The molecule has 1 aromatic rings. The summed E-state index contributed by atoms with van der Waals surface area (Å²) in [5, 5.41) is 0.542. The van der Waals surface area contributed by atoms with Crippen molar-refractivity contribution >= 4 is 27.5 Å². The summed E-state index contributed by atoms with van der Waals surface area (Å²) < 4.78 is 0.853. The van der Waals surface area contributed by atoms with Crippen LogP contribution in [-0.4, -0.2) is 9.97 Å². The Bertz CT molecular complexity index is 351. The van der Waals surface area contributed by atoms with Crippen LogP contribution in [0.2, 0.25) is 5.15 Å². The van der Waals surface area contributed by atoms with Gasteiger partial charge in [-0.25, -0.2) is 9.97 Å².